The smallest absolute Gasteiger partial charge is 0.0431 e. The molecule has 0 radical (unpaired) electrons. The van der Waals surface area contributed by atoms with Gasteiger partial charge in [0.2, 0.25) is 0 Å². The van der Waals surface area contributed by atoms with Crippen molar-refractivity contribution >= 4 is 0 Å². The minimum absolute atomic E-state index is 0.369. The maximum atomic E-state index is 8.69. The van der Waals surface area contributed by atoms with Crippen molar-refractivity contribution in [1.29, 1.82) is 0 Å². The molecule has 1 nitrogen and oxygen atoms in total. The summed E-state index contributed by atoms with van der Waals surface area (Å²) in [6.45, 7) is 5.07. The third-order valence-corrected chi connectivity index (χ3v) is 3.91. The van der Waals surface area contributed by atoms with Crippen LogP contribution >= 0.6 is 0 Å². The molecule has 0 amide bonds. The highest BCUT2D eigenvalue weighted by molar-refractivity contribution is 4.55. The molecule has 0 spiro atoms. The van der Waals surface area contributed by atoms with Crippen LogP contribution in [0.25, 0.3) is 0 Å². The van der Waals surface area contributed by atoms with Crippen molar-refractivity contribution in [2.45, 2.75) is 97.3 Å². The van der Waals surface area contributed by atoms with Gasteiger partial charge in [0.1, 0.15) is 0 Å². The Bertz CT molecular complexity index is 129. The van der Waals surface area contributed by atoms with E-state index in [0.29, 0.717) is 6.61 Å². The van der Waals surface area contributed by atoms with Crippen LogP contribution in [0.2, 0.25) is 0 Å². The molecular formula is C17H36O. The van der Waals surface area contributed by atoms with Crippen LogP contribution in [0.15, 0.2) is 0 Å². The van der Waals surface area contributed by atoms with Crippen molar-refractivity contribution in [2.75, 3.05) is 6.61 Å². The van der Waals surface area contributed by atoms with Crippen LogP contribution in [-0.2, 0) is 0 Å². The van der Waals surface area contributed by atoms with Gasteiger partial charge in [0.25, 0.3) is 0 Å². The van der Waals surface area contributed by atoms with E-state index >= 15 is 0 Å². The summed E-state index contributed by atoms with van der Waals surface area (Å²) in [4.78, 5) is 0. The molecule has 0 aromatic heterocycles. The summed E-state index contributed by atoms with van der Waals surface area (Å²) in [6.07, 6.45) is 17.7. The van der Waals surface area contributed by atoms with Crippen LogP contribution in [0, 0.1) is 5.92 Å². The molecule has 0 heterocycles. The summed E-state index contributed by atoms with van der Waals surface area (Å²) in [6, 6.07) is 0. The van der Waals surface area contributed by atoms with Crippen LogP contribution in [0.1, 0.15) is 97.3 Å². The first kappa shape index (κ1) is 18.0. The molecule has 0 aliphatic heterocycles. The molecule has 0 saturated heterocycles. The zero-order valence-corrected chi connectivity index (χ0v) is 12.9. The normalized spacial score (nSPS) is 12.8. The van der Waals surface area contributed by atoms with Crippen molar-refractivity contribution in [3.63, 3.8) is 0 Å². The topological polar surface area (TPSA) is 20.2 Å². The van der Waals surface area contributed by atoms with Crippen molar-refractivity contribution in [3.8, 4) is 0 Å². The number of aliphatic hydroxyl groups is 1. The Morgan fingerprint density at radius 2 is 1.11 bits per heavy atom. The van der Waals surface area contributed by atoms with E-state index in [4.69, 9.17) is 5.11 Å². The minimum Gasteiger partial charge on any atom is -0.396 e. The molecule has 0 bridgehead atoms. The molecule has 1 N–H and O–H groups in total. The predicted octanol–water partition coefficient (Wildman–Crippen LogP) is 5.71. The molecule has 0 aliphatic rings. The van der Waals surface area contributed by atoms with Crippen LogP contribution in [0.5, 0.6) is 0 Å². The van der Waals surface area contributed by atoms with Crippen molar-refractivity contribution in [2.24, 2.45) is 5.92 Å². The molecule has 0 saturated carbocycles. The first-order chi connectivity index (χ1) is 8.81. The highest BCUT2D eigenvalue weighted by Gasteiger charge is 2.01. The fraction of sp³-hybridized carbons (Fsp3) is 1.00. The van der Waals surface area contributed by atoms with E-state index < -0.39 is 0 Å². The molecule has 1 atom stereocenters. The van der Waals surface area contributed by atoms with Gasteiger partial charge in [-0.3, -0.25) is 0 Å². The van der Waals surface area contributed by atoms with Crippen LogP contribution < -0.4 is 0 Å². The van der Waals surface area contributed by atoms with E-state index in [1.807, 2.05) is 0 Å². The first-order valence-electron chi connectivity index (χ1n) is 8.42. The molecule has 1 unspecified atom stereocenters. The van der Waals surface area contributed by atoms with Gasteiger partial charge in [-0.1, -0.05) is 90.9 Å². The standard InChI is InChI=1S/C17H36O/c1-3-4-5-6-8-11-14-17(2)15-12-9-7-10-13-16-18/h17-18H,3-16H2,1-2H3. The quantitative estimate of drug-likeness (QED) is 0.395. The first-order valence-corrected chi connectivity index (χ1v) is 8.42. The van der Waals surface area contributed by atoms with E-state index in [2.05, 4.69) is 13.8 Å². The van der Waals surface area contributed by atoms with Gasteiger partial charge in [0.05, 0.1) is 0 Å². The number of unbranched alkanes of at least 4 members (excludes halogenated alkanes) is 9. The van der Waals surface area contributed by atoms with E-state index in [0.717, 1.165) is 12.3 Å². The SMILES string of the molecule is CCCCCCCCC(C)CCCCCCCO. The largest absolute Gasteiger partial charge is 0.396 e. The molecule has 110 valence electrons. The van der Waals surface area contributed by atoms with Crippen LogP contribution in [0.4, 0.5) is 0 Å². The monoisotopic (exact) mass is 256 g/mol. The summed E-state index contributed by atoms with van der Waals surface area (Å²) in [5.41, 5.74) is 0. The lowest BCUT2D eigenvalue weighted by Crippen LogP contribution is -1.95. The lowest BCUT2D eigenvalue weighted by atomic mass is 9.96. The lowest BCUT2D eigenvalue weighted by molar-refractivity contribution is 0.282. The average Bonchev–Trinajstić information content (AvgIpc) is 2.38. The highest BCUT2D eigenvalue weighted by Crippen LogP contribution is 2.18. The molecule has 0 aromatic rings. The fourth-order valence-corrected chi connectivity index (χ4v) is 2.55. The molecule has 0 aliphatic carbocycles. The molecule has 1 heteroatoms. The van der Waals surface area contributed by atoms with Gasteiger partial charge >= 0.3 is 0 Å². The second-order valence-corrected chi connectivity index (χ2v) is 5.94. The van der Waals surface area contributed by atoms with Gasteiger partial charge in [-0.2, -0.15) is 0 Å². The summed E-state index contributed by atoms with van der Waals surface area (Å²) >= 11 is 0. The second kappa shape index (κ2) is 15.0. The zero-order valence-electron chi connectivity index (χ0n) is 12.9. The Kier molecular flexibility index (Phi) is 15.0. The second-order valence-electron chi connectivity index (χ2n) is 5.94. The number of rotatable bonds is 14. The summed E-state index contributed by atoms with van der Waals surface area (Å²) < 4.78 is 0. The Morgan fingerprint density at radius 3 is 1.61 bits per heavy atom. The van der Waals surface area contributed by atoms with Crippen molar-refractivity contribution < 1.29 is 5.11 Å². The van der Waals surface area contributed by atoms with Gasteiger partial charge in [0.15, 0.2) is 0 Å². The van der Waals surface area contributed by atoms with E-state index in [1.54, 1.807) is 0 Å². The molecule has 0 aromatic carbocycles. The van der Waals surface area contributed by atoms with Crippen LogP contribution in [-0.4, -0.2) is 11.7 Å². The van der Waals surface area contributed by atoms with Crippen LogP contribution in [0.3, 0.4) is 0 Å². The van der Waals surface area contributed by atoms with Crippen molar-refractivity contribution in [3.05, 3.63) is 0 Å². The molecular weight excluding hydrogens is 220 g/mol. The summed E-state index contributed by atoms with van der Waals surface area (Å²) in [5.74, 6) is 0.925. The van der Waals surface area contributed by atoms with Gasteiger partial charge < -0.3 is 5.11 Å². The fourth-order valence-electron chi connectivity index (χ4n) is 2.55. The number of aliphatic hydroxyl groups excluding tert-OH is 1. The molecule has 0 fully saturated rings. The molecule has 18 heavy (non-hydrogen) atoms. The maximum Gasteiger partial charge on any atom is 0.0431 e. The van der Waals surface area contributed by atoms with E-state index in [-0.39, 0.29) is 0 Å². The minimum atomic E-state index is 0.369. The average molecular weight is 256 g/mol. The highest BCUT2D eigenvalue weighted by atomic mass is 16.2. The Morgan fingerprint density at radius 1 is 0.667 bits per heavy atom. The maximum absolute atomic E-state index is 8.69. The van der Waals surface area contributed by atoms with E-state index in [1.165, 1.54) is 77.0 Å². The predicted molar refractivity (Wildman–Crippen MR) is 81.9 cm³/mol. The number of hydrogen-bond donors (Lipinski definition) is 1. The Labute approximate surface area is 115 Å². The van der Waals surface area contributed by atoms with Gasteiger partial charge in [-0.25, -0.2) is 0 Å². The van der Waals surface area contributed by atoms with Gasteiger partial charge in [0, 0.05) is 6.61 Å². The lowest BCUT2D eigenvalue weighted by Gasteiger charge is -2.10. The summed E-state index contributed by atoms with van der Waals surface area (Å²) in [7, 11) is 0. The third kappa shape index (κ3) is 14.0. The zero-order chi connectivity index (χ0) is 13.5. The Balaban J connectivity index is 3.10. The number of hydrogen-bond acceptors (Lipinski definition) is 1. The van der Waals surface area contributed by atoms with Crippen molar-refractivity contribution in [1.82, 2.24) is 0 Å². The van der Waals surface area contributed by atoms with E-state index in [9.17, 15) is 0 Å². The Hall–Kier alpha value is -0.0400. The van der Waals surface area contributed by atoms with Gasteiger partial charge in [-0.15, -0.1) is 0 Å². The summed E-state index contributed by atoms with van der Waals surface area (Å²) in [5, 5.41) is 8.69. The van der Waals surface area contributed by atoms with Gasteiger partial charge in [-0.05, 0) is 12.3 Å². The molecule has 0 rings (SSSR count). The third-order valence-electron chi connectivity index (χ3n) is 3.91.